The van der Waals surface area contributed by atoms with Crippen molar-refractivity contribution in [1.82, 2.24) is 10.6 Å². The molecule has 1 heterocycles. The first-order valence-corrected chi connectivity index (χ1v) is 7.52. The molecule has 1 aliphatic heterocycles. The summed E-state index contributed by atoms with van der Waals surface area (Å²) in [5.41, 5.74) is -0.0144. The summed E-state index contributed by atoms with van der Waals surface area (Å²) in [5, 5.41) is 5.94. The van der Waals surface area contributed by atoms with Gasteiger partial charge in [-0.05, 0) is 32.6 Å². The molecular formula is C13H22N2O2S. The maximum absolute atomic E-state index is 12.2. The van der Waals surface area contributed by atoms with Crippen LogP contribution in [-0.4, -0.2) is 33.9 Å². The number of amides is 2. The van der Waals surface area contributed by atoms with Crippen molar-refractivity contribution < 1.29 is 9.59 Å². The highest BCUT2D eigenvalue weighted by molar-refractivity contribution is 8.01. The second kappa shape index (κ2) is 4.44. The predicted molar refractivity (Wildman–Crippen MR) is 73.4 cm³/mol. The second-order valence-corrected chi connectivity index (χ2v) is 7.79. The monoisotopic (exact) mass is 270 g/mol. The summed E-state index contributed by atoms with van der Waals surface area (Å²) >= 11 is 1.55. The van der Waals surface area contributed by atoms with Crippen molar-refractivity contribution in [3.8, 4) is 0 Å². The van der Waals surface area contributed by atoms with Gasteiger partial charge in [0.1, 0.15) is 6.04 Å². The molecule has 5 heteroatoms. The lowest BCUT2D eigenvalue weighted by Gasteiger charge is -2.34. The minimum absolute atomic E-state index is 0.0144. The number of carbonyl (C=O) groups is 2. The van der Waals surface area contributed by atoms with Gasteiger partial charge in [-0.2, -0.15) is 0 Å². The molecule has 0 aromatic carbocycles. The predicted octanol–water partition coefficient (Wildman–Crippen LogP) is 1.30. The summed E-state index contributed by atoms with van der Waals surface area (Å²) in [6.07, 6.45) is 2.10. The first-order valence-electron chi connectivity index (χ1n) is 6.54. The standard InChI is InChI=1S/C13H22N2O2S/c1-8(2)13(5-6-13)15-10(16)9-7-18-12(3,4)11(17)14-9/h8-9H,5-7H2,1-4H3,(H,14,17)(H,15,16). The van der Waals surface area contributed by atoms with Crippen LogP contribution in [0.1, 0.15) is 40.5 Å². The molecule has 18 heavy (non-hydrogen) atoms. The highest BCUT2D eigenvalue weighted by Crippen LogP contribution is 2.42. The van der Waals surface area contributed by atoms with Gasteiger partial charge in [-0.1, -0.05) is 13.8 Å². The van der Waals surface area contributed by atoms with Crippen molar-refractivity contribution >= 4 is 23.6 Å². The molecule has 0 bridgehead atoms. The van der Waals surface area contributed by atoms with E-state index in [0.717, 1.165) is 12.8 Å². The molecule has 4 nitrogen and oxygen atoms in total. The molecular weight excluding hydrogens is 248 g/mol. The summed E-state index contributed by atoms with van der Waals surface area (Å²) < 4.78 is -0.425. The molecule has 1 unspecified atom stereocenters. The van der Waals surface area contributed by atoms with Crippen molar-refractivity contribution in [3.63, 3.8) is 0 Å². The number of rotatable bonds is 3. The Morgan fingerprint density at radius 3 is 2.50 bits per heavy atom. The Kier molecular flexibility index (Phi) is 3.38. The summed E-state index contributed by atoms with van der Waals surface area (Å²) in [6.45, 7) is 8.03. The molecule has 1 saturated heterocycles. The maximum atomic E-state index is 12.2. The molecule has 2 fully saturated rings. The number of nitrogens with one attached hydrogen (secondary N) is 2. The van der Waals surface area contributed by atoms with Gasteiger partial charge in [0.15, 0.2) is 0 Å². The van der Waals surface area contributed by atoms with E-state index >= 15 is 0 Å². The fourth-order valence-electron chi connectivity index (χ4n) is 2.19. The maximum Gasteiger partial charge on any atom is 0.243 e. The van der Waals surface area contributed by atoms with Gasteiger partial charge in [-0.25, -0.2) is 0 Å². The van der Waals surface area contributed by atoms with E-state index in [2.05, 4.69) is 24.5 Å². The molecule has 0 spiro atoms. The average Bonchev–Trinajstić information content (AvgIpc) is 3.03. The smallest absolute Gasteiger partial charge is 0.243 e. The Hall–Kier alpha value is -0.710. The zero-order valence-corrected chi connectivity index (χ0v) is 12.3. The highest BCUT2D eigenvalue weighted by atomic mass is 32.2. The zero-order chi connectivity index (χ0) is 13.6. The highest BCUT2D eigenvalue weighted by Gasteiger charge is 2.48. The lowest BCUT2D eigenvalue weighted by molar-refractivity contribution is -0.130. The lowest BCUT2D eigenvalue weighted by atomic mass is 10.0. The van der Waals surface area contributed by atoms with Crippen molar-refractivity contribution in [2.45, 2.75) is 56.9 Å². The van der Waals surface area contributed by atoms with E-state index in [9.17, 15) is 9.59 Å². The van der Waals surface area contributed by atoms with Crippen LogP contribution in [0.2, 0.25) is 0 Å². The third-order valence-electron chi connectivity index (χ3n) is 4.05. The Morgan fingerprint density at radius 1 is 1.44 bits per heavy atom. The van der Waals surface area contributed by atoms with Crippen molar-refractivity contribution in [2.75, 3.05) is 5.75 Å². The van der Waals surface area contributed by atoms with E-state index in [4.69, 9.17) is 0 Å². The number of hydrogen-bond donors (Lipinski definition) is 2. The molecule has 2 amide bonds. The summed E-state index contributed by atoms with van der Waals surface area (Å²) in [5.74, 6) is 1.02. The van der Waals surface area contributed by atoms with Crippen molar-refractivity contribution in [3.05, 3.63) is 0 Å². The molecule has 102 valence electrons. The number of hydrogen-bond acceptors (Lipinski definition) is 3. The molecule has 0 aromatic heterocycles. The molecule has 1 saturated carbocycles. The second-order valence-electron chi connectivity index (χ2n) is 6.15. The van der Waals surface area contributed by atoms with Crippen molar-refractivity contribution in [2.24, 2.45) is 5.92 Å². The molecule has 2 aliphatic rings. The minimum Gasteiger partial charge on any atom is -0.349 e. The van der Waals surface area contributed by atoms with Crippen LogP contribution < -0.4 is 10.6 Å². The lowest BCUT2D eigenvalue weighted by Crippen LogP contribution is -2.59. The molecule has 0 radical (unpaired) electrons. The SMILES string of the molecule is CC(C)C1(NC(=O)C2CSC(C)(C)C(=O)N2)CC1. The van der Waals surface area contributed by atoms with E-state index in [-0.39, 0.29) is 23.4 Å². The van der Waals surface area contributed by atoms with E-state index in [1.807, 2.05) is 13.8 Å². The van der Waals surface area contributed by atoms with Gasteiger partial charge in [0.05, 0.1) is 4.75 Å². The van der Waals surface area contributed by atoms with Gasteiger partial charge in [0.2, 0.25) is 11.8 Å². The summed E-state index contributed by atoms with van der Waals surface area (Å²) in [4.78, 5) is 24.0. The van der Waals surface area contributed by atoms with E-state index in [1.54, 1.807) is 11.8 Å². The van der Waals surface area contributed by atoms with Crippen LogP contribution in [0.4, 0.5) is 0 Å². The molecule has 2 rings (SSSR count). The minimum atomic E-state index is -0.425. The van der Waals surface area contributed by atoms with Crippen LogP contribution in [0.25, 0.3) is 0 Å². The largest absolute Gasteiger partial charge is 0.349 e. The van der Waals surface area contributed by atoms with Gasteiger partial charge in [0, 0.05) is 11.3 Å². The van der Waals surface area contributed by atoms with E-state index < -0.39 is 4.75 Å². The third-order valence-corrected chi connectivity index (χ3v) is 5.45. The first kappa shape index (κ1) is 13.7. The Morgan fingerprint density at radius 2 is 2.06 bits per heavy atom. The third kappa shape index (κ3) is 2.51. The molecule has 0 aromatic rings. The van der Waals surface area contributed by atoms with Crippen LogP contribution >= 0.6 is 11.8 Å². The Balaban J connectivity index is 1.94. The van der Waals surface area contributed by atoms with E-state index in [1.165, 1.54) is 0 Å². The fraction of sp³-hybridized carbons (Fsp3) is 0.846. The van der Waals surface area contributed by atoms with E-state index in [0.29, 0.717) is 11.7 Å². The number of carbonyl (C=O) groups excluding carboxylic acids is 2. The van der Waals surface area contributed by atoms with Crippen LogP contribution in [0.5, 0.6) is 0 Å². The van der Waals surface area contributed by atoms with Crippen LogP contribution in [0.3, 0.4) is 0 Å². The summed E-state index contributed by atoms with van der Waals surface area (Å²) in [7, 11) is 0. The van der Waals surface area contributed by atoms with Crippen LogP contribution in [-0.2, 0) is 9.59 Å². The van der Waals surface area contributed by atoms with Gasteiger partial charge in [0.25, 0.3) is 0 Å². The first-order chi connectivity index (χ1) is 8.27. The van der Waals surface area contributed by atoms with Crippen molar-refractivity contribution in [1.29, 1.82) is 0 Å². The van der Waals surface area contributed by atoms with Crippen LogP contribution in [0, 0.1) is 5.92 Å². The topological polar surface area (TPSA) is 58.2 Å². The number of thioether (sulfide) groups is 1. The fourth-order valence-corrected chi connectivity index (χ4v) is 3.19. The van der Waals surface area contributed by atoms with Gasteiger partial charge < -0.3 is 10.6 Å². The van der Waals surface area contributed by atoms with Gasteiger partial charge in [-0.15, -0.1) is 11.8 Å². The Labute approximate surface area is 113 Å². The van der Waals surface area contributed by atoms with Crippen LogP contribution in [0.15, 0.2) is 0 Å². The van der Waals surface area contributed by atoms with Gasteiger partial charge in [-0.3, -0.25) is 9.59 Å². The summed E-state index contributed by atoms with van der Waals surface area (Å²) in [6, 6.07) is -0.383. The quantitative estimate of drug-likeness (QED) is 0.813. The zero-order valence-electron chi connectivity index (χ0n) is 11.5. The molecule has 1 aliphatic carbocycles. The molecule has 1 atom stereocenters. The average molecular weight is 270 g/mol. The molecule has 2 N–H and O–H groups in total. The van der Waals surface area contributed by atoms with Gasteiger partial charge >= 0.3 is 0 Å². The normalized spacial score (nSPS) is 28.7. The Bertz CT molecular complexity index is 375.